The normalized spacial score (nSPS) is 12.6. The molecule has 5 heteroatoms. The van der Waals surface area contributed by atoms with Crippen LogP contribution in [0.1, 0.15) is 45.2 Å². The quantitative estimate of drug-likeness (QED) is 0.416. The van der Waals surface area contributed by atoms with E-state index in [2.05, 4.69) is 29.1 Å². The van der Waals surface area contributed by atoms with E-state index < -0.39 is 0 Å². The number of aryl methyl sites for hydroxylation is 1. The van der Waals surface area contributed by atoms with E-state index in [1.54, 1.807) is 11.8 Å². The number of hydrogen-bond acceptors (Lipinski definition) is 4. The van der Waals surface area contributed by atoms with Gasteiger partial charge in [0.15, 0.2) is 5.16 Å². The van der Waals surface area contributed by atoms with Crippen LogP contribution < -0.4 is 10.9 Å². The molecule has 0 bridgehead atoms. The minimum Gasteiger partial charge on any atom is -0.314 e. The zero-order chi connectivity index (χ0) is 14.1. The summed E-state index contributed by atoms with van der Waals surface area (Å²) in [6, 6.07) is 2.12. The number of aromatic amines is 1. The fourth-order valence-corrected chi connectivity index (χ4v) is 2.76. The minimum atomic E-state index is -0.0626. The van der Waals surface area contributed by atoms with E-state index in [4.69, 9.17) is 0 Å². The van der Waals surface area contributed by atoms with Gasteiger partial charge in [-0.1, -0.05) is 25.1 Å². The molecular weight excluding hydrogens is 258 g/mol. The Labute approximate surface area is 119 Å². The fraction of sp³-hybridized carbons (Fsp3) is 0.714. The molecule has 0 radical (unpaired) electrons. The van der Waals surface area contributed by atoms with E-state index in [1.807, 2.05) is 6.92 Å². The van der Waals surface area contributed by atoms with Crippen LogP contribution in [0.4, 0.5) is 0 Å². The summed E-state index contributed by atoms with van der Waals surface area (Å²) < 4.78 is 0. The molecule has 1 aromatic rings. The van der Waals surface area contributed by atoms with Crippen LogP contribution in [0.25, 0.3) is 0 Å². The Morgan fingerprint density at radius 3 is 2.95 bits per heavy atom. The summed E-state index contributed by atoms with van der Waals surface area (Å²) in [7, 11) is 0. The predicted octanol–water partition coefficient (Wildman–Crippen LogP) is 2.73. The molecule has 0 aromatic carbocycles. The molecule has 0 spiro atoms. The van der Waals surface area contributed by atoms with Gasteiger partial charge in [-0.25, -0.2) is 4.98 Å². The van der Waals surface area contributed by atoms with Crippen LogP contribution in [0.3, 0.4) is 0 Å². The average molecular weight is 283 g/mol. The molecule has 0 aliphatic heterocycles. The van der Waals surface area contributed by atoms with E-state index >= 15 is 0 Å². The Morgan fingerprint density at radius 1 is 1.47 bits per heavy atom. The number of nitrogens with zero attached hydrogens (tertiary/aromatic N) is 1. The van der Waals surface area contributed by atoms with Gasteiger partial charge in [0.2, 0.25) is 0 Å². The molecule has 1 aromatic heterocycles. The van der Waals surface area contributed by atoms with E-state index in [9.17, 15) is 4.79 Å². The SMILES string of the molecule is CCCNC(C)CCCCSc1nc(C)cc(=O)[nH]1. The van der Waals surface area contributed by atoms with Gasteiger partial charge in [0, 0.05) is 23.6 Å². The largest absolute Gasteiger partial charge is 0.314 e. The topological polar surface area (TPSA) is 57.8 Å². The van der Waals surface area contributed by atoms with Gasteiger partial charge >= 0.3 is 0 Å². The number of hydrogen-bond donors (Lipinski definition) is 2. The molecule has 0 saturated carbocycles. The van der Waals surface area contributed by atoms with Crippen molar-refractivity contribution in [3.8, 4) is 0 Å². The first-order valence-electron chi connectivity index (χ1n) is 7.06. The number of unbranched alkanes of at least 4 members (excludes halogenated alkanes) is 1. The Hall–Kier alpha value is -0.810. The third-order valence-corrected chi connectivity index (χ3v) is 3.82. The number of nitrogens with one attached hydrogen (secondary N) is 2. The zero-order valence-electron chi connectivity index (χ0n) is 12.2. The summed E-state index contributed by atoms with van der Waals surface area (Å²) >= 11 is 1.63. The molecule has 2 N–H and O–H groups in total. The predicted molar refractivity (Wildman–Crippen MR) is 81.9 cm³/mol. The number of thioether (sulfide) groups is 1. The third-order valence-electron chi connectivity index (χ3n) is 2.86. The van der Waals surface area contributed by atoms with Crippen molar-refractivity contribution in [2.45, 2.75) is 57.7 Å². The zero-order valence-corrected chi connectivity index (χ0v) is 13.0. The fourth-order valence-electron chi connectivity index (χ4n) is 1.83. The first kappa shape index (κ1) is 16.2. The lowest BCUT2D eigenvalue weighted by Crippen LogP contribution is -2.26. The summed E-state index contributed by atoms with van der Waals surface area (Å²) in [5.74, 6) is 1.01. The molecule has 1 unspecified atom stereocenters. The average Bonchev–Trinajstić information content (AvgIpc) is 2.34. The van der Waals surface area contributed by atoms with Crippen molar-refractivity contribution in [3.05, 3.63) is 22.1 Å². The highest BCUT2D eigenvalue weighted by Gasteiger charge is 2.02. The molecule has 0 aliphatic rings. The molecule has 19 heavy (non-hydrogen) atoms. The standard InChI is InChI=1S/C14H25N3OS/c1-4-8-15-11(2)7-5-6-9-19-14-16-12(3)10-13(18)17-14/h10-11,15H,4-9H2,1-3H3,(H,16,17,18). The third kappa shape index (κ3) is 7.38. The van der Waals surface area contributed by atoms with Crippen LogP contribution in [-0.2, 0) is 0 Å². The lowest BCUT2D eigenvalue weighted by Gasteiger charge is -2.12. The second-order valence-electron chi connectivity index (χ2n) is 4.89. The summed E-state index contributed by atoms with van der Waals surface area (Å²) in [6.45, 7) is 7.37. The van der Waals surface area contributed by atoms with Gasteiger partial charge in [0.25, 0.3) is 5.56 Å². The van der Waals surface area contributed by atoms with Gasteiger partial charge in [0.05, 0.1) is 0 Å². The smallest absolute Gasteiger partial charge is 0.251 e. The lowest BCUT2D eigenvalue weighted by molar-refractivity contribution is 0.496. The van der Waals surface area contributed by atoms with Crippen LogP contribution in [-0.4, -0.2) is 28.3 Å². The maximum absolute atomic E-state index is 11.3. The number of aromatic nitrogens is 2. The molecular formula is C14H25N3OS. The summed E-state index contributed by atoms with van der Waals surface area (Å²) in [6.07, 6.45) is 4.76. The highest BCUT2D eigenvalue weighted by molar-refractivity contribution is 7.99. The van der Waals surface area contributed by atoms with Gasteiger partial charge in [-0.2, -0.15) is 0 Å². The van der Waals surface area contributed by atoms with E-state index in [0.717, 1.165) is 29.6 Å². The highest BCUT2D eigenvalue weighted by Crippen LogP contribution is 2.14. The Kier molecular flexibility index (Phi) is 7.82. The summed E-state index contributed by atoms with van der Waals surface area (Å²) in [4.78, 5) is 18.3. The second kappa shape index (κ2) is 9.15. The Bertz CT molecular complexity index is 419. The molecule has 0 fully saturated rings. The first-order chi connectivity index (χ1) is 9.11. The van der Waals surface area contributed by atoms with Gasteiger partial charge < -0.3 is 10.3 Å². The van der Waals surface area contributed by atoms with Crippen molar-refractivity contribution >= 4 is 11.8 Å². The van der Waals surface area contributed by atoms with Crippen LogP contribution in [0, 0.1) is 6.92 Å². The monoisotopic (exact) mass is 283 g/mol. The second-order valence-corrected chi connectivity index (χ2v) is 5.97. The molecule has 0 aliphatic carbocycles. The minimum absolute atomic E-state index is 0.0626. The Morgan fingerprint density at radius 2 is 2.26 bits per heavy atom. The van der Waals surface area contributed by atoms with Gasteiger partial charge in [-0.3, -0.25) is 4.79 Å². The highest BCUT2D eigenvalue weighted by atomic mass is 32.2. The molecule has 4 nitrogen and oxygen atoms in total. The molecule has 108 valence electrons. The maximum Gasteiger partial charge on any atom is 0.251 e. The molecule has 1 atom stereocenters. The van der Waals surface area contributed by atoms with Crippen molar-refractivity contribution in [3.63, 3.8) is 0 Å². The molecule has 0 amide bonds. The van der Waals surface area contributed by atoms with Crippen LogP contribution in [0.15, 0.2) is 16.0 Å². The molecule has 1 heterocycles. The molecule has 1 rings (SSSR count). The van der Waals surface area contributed by atoms with Crippen molar-refractivity contribution in [2.75, 3.05) is 12.3 Å². The van der Waals surface area contributed by atoms with Crippen molar-refractivity contribution in [2.24, 2.45) is 0 Å². The van der Waals surface area contributed by atoms with Crippen LogP contribution >= 0.6 is 11.8 Å². The molecule has 0 saturated heterocycles. The van der Waals surface area contributed by atoms with Crippen molar-refractivity contribution < 1.29 is 0 Å². The van der Waals surface area contributed by atoms with E-state index in [0.29, 0.717) is 6.04 Å². The van der Waals surface area contributed by atoms with E-state index in [-0.39, 0.29) is 5.56 Å². The number of H-pyrrole nitrogens is 1. The summed E-state index contributed by atoms with van der Waals surface area (Å²) in [5.41, 5.74) is 0.719. The van der Waals surface area contributed by atoms with Gasteiger partial charge in [-0.05, 0) is 39.7 Å². The van der Waals surface area contributed by atoms with Gasteiger partial charge in [0.1, 0.15) is 0 Å². The Balaban J connectivity index is 2.15. The van der Waals surface area contributed by atoms with Gasteiger partial charge in [-0.15, -0.1) is 0 Å². The van der Waals surface area contributed by atoms with E-state index in [1.165, 1.54) is 25.3 Å². The van der Waals surface area contributed by atoms with Crippen LogP contribution in [0.2, 0.25) is 0 Å². The van der Waals surface area contributed by atoms with Crippen molar-refractivity contribution in [1.29, 1.82) is 0 Å². The maximum atomic E-state index is 11.3. The van der Waals surface area contributed by atoms with Crippen molar-refractivity contribution in [1.82, 2.24) is 15.3 Å². The first-order valence-corrected chi connectivity index (χ1v) is 8.04. The van der Waals surface area contributed by atoms with Crippen LogP contribution in [0.5, 0.6) is 0 Å². The lowest BCUT2D eigenvalue weighted by atomic mass is 10.1. The summed E-state index contributed by atoms with van der Waals surface area (Å²) in [5, 5.41) is 4.23. The number of rotatable bonds is 9.